The molecule has 1 saturated carbocycles. The number of amides is 1. The maximum absolute atomic E-state index is 12.4. The number of hydrogen-bond donors (Lipinski definition) is 2. The molecule has 2 aromatic rings. The molecule has 0 radical (unpaired) electrons. The summed E-state index contributed by atoms with van der Waals surface area (Å²) in [5.74, 6) is 0.478. The number of carbonyl (C=O) groups excluding carboxylic acids is 1. The normalized spacial score (nSPS) is 14.4. The second-order valence-electron chi connectivity index (χ2n) is 6.97. The molecule has 0 aliphatic heterocycles. The van der Waals surface area contributed by atoms with Crippen LogP contribution in [-0.2, 0) is 5.41 Å². The largest absolute Gasteiger partial charge is 0.366 e. The number of nitrogens with one attached hydrogen (secondary N) is 2. The molecule has 1 aliphatic carbocycles. The van der Waals surface area contributed by atoms with E-state index in [1.807, 2.05) is 24.3 Å². The van der Waals surface area contributed by atoms with Gasteiger partial charge in [-0.05, 0) is 42.0 Å². The monoisotopic (exact) mass is 310 g/mol. The summed E-state index contributed by atoms with van der Waals surface area (Å²) in [5.41, 5.74) is 2.17. The molecule has 23 heavy (non-hydrogen) atoms. The van der Waals surface area contributed by atoms with Crippen molar-refractivity contribution in [2.75, 3.05) is 10.6 Å². The standard InChI is InChI=1S/C18H22N4O/c1-18(2,3)13-6-4-5-7-14(13)20-17(23)15-10-11-16(22-21-15)19-12-8-9-12/h4-7,10-12H,8-9H2,1-3H3,(H,19,22)(H,20,23). The summed E-state index contributed by atoms with van der Waals surface area (Å²) in [6.45, 7) is 6.36. The van der Waals surface area contributed by atoms with Gasteiger partial charge in [-0.3, -0.25) is 4.79 Å². The van der Waals surface area contributed by atoms with Gasteiger partial charge >= 0.3 is 0 Å². The average molecular weight is 310 g/mol. The van der Waals surface area contributed by atoms with E-state index in [0.29, 0.717) is 11.7 Å². The minimum Gasteiger partial charge on any atom is -0.366 e. The summed E-state index contributed by atoms with van der Waals surface area (Å²) < 4.78 is 0. The van der Waals surface area contributed by atoms with Crippen LogP contribution in [0.25, 0.3) is 0 Å². The van der Waals surface area contributed by atoms with Gasteiger partial charge in [-0.25, -0.2) is 0 Å². The second-order valence-corrected chi connectivity index (χ2v) is 6.97. The maximum atomic E-state index is 12.4. The third-order valence-corrected chi connectivity index (χ3v) is 3.81. The molecule has 120 valence electrons. The predicted octanol–water partition coefficient (Wildman–Crippen LogP) is 3.60. The van der Waals surface area contributed by atoms with Gasteiger partial charge < -0.3 is 10.6 Å². The zero-order chi connectivity index (χ0) is 16.4. The van der Waals surface area contributed by atoms with Crippen molar-refractivity contribution < 1.29 is 4.79 Å². The van der Waals surface area contributed by atoms with E-state index in [9.17, 15) is 4.79 Å². The Hall–Kier alpha value is -2.43. The van der Waals surface area contributed by atoms with Crippen LogP contribution in [0.1, 0.15) is 49.7 Å². The lowest BCUT2D eigenvalue weighted by molar-refractivity contribution is 0.102. The van der Waals surface area contributed by atoms with Crippen LogP contribution in [0.2, 0.25) is 0 Å². The molecule has 0 spiro atoms. The van der Waals surface area contributed by atoms with Gasteiger partial charge in [0, 0.05) is 11.7 Å². The summed E-state index contributed by atoms with van der Waals surface area (Å²) >= 11 is 0. The fourth-order valence-corrected chi connectivity index (χ4v) is 2.40. The van der Waals surface area contributed by atoms with Gasteiger partial charge in [0.1, 0.15) is 5.82 Å². The predicted molar refractivity (Wildman–Crippen MR) is 91.8 cm³/mol. The zero-order valence-electron chi connectivity index (χ0n) is 13.8. The van der Waals surface area contributed by atoms with Crippen LogP contribution in [0.5, 0.6) is 0 Å². The van der Waals surface area contributed by atoms with E-state index in [1.54, 1.807) is 12.1 Å². The lowest BCUT2D eigenvalue weighted by atomic mass is 9.86. The molecule has 2 N–H and O–H groups in total. The molecule has 1 amide bonds. The fourth-order valence-electron chi connectivity index (χ4n) is 2.40. The molecule has 0 bridgehead atoms. The first-order valence-electron chi connectivity index (χ1n) is 7.94. The van der Waals surface area contributed by atoms with Crippen LogP contribution in [0.3, 0.4) is 0 Å². The van der Waals surface area contributed by atoms with Crippen molar-refractivity contribution in [3.63, 3.8) is 0 Å². The van der Waals surface area contributed by atoms with Gasteiger partial charge in [0.05, 0.1) is 0 Å². The van der Waals surface area contributed by atoms with Crippen LogP contribution < -0.4 is 10.6 Å². The minimum atomic E-state index is -0.243. The van der Waals surface area contributed by atoms with Crippen molar-refractivity contribution in [3.8, 4) is 0 Å². The summed E-state index contributed by atoms with van der Waals surface area (Å²) in [7, 11) is 0. The molecule has 1 heterocycles. The third-order valence-electron chi connectivity index (χ3n) is 3.81. The number of anilines is 2. The van der Waals surface area contributed by atoms with E-state index in [2.05, 4.69) is 41.6 Å². The lowest BCUT2D eigenvalue weighted by Gasteiger charge is -2.22. The average Bonchev–Trinajstić information content (AvgIpc) is 3.31. The molecule has 0 atom stereocenters. The Morgan fingerprint density at radius 3 is 2.43 bits per heavy atom. The summed E-state index contributed by atoms with van der Waals surface area (Å²) in [4.78, 5) is 12.4. The Labute approximate surface area is 136 Å². The van der Waals surface area contributed by atoms with E-state index in [4.69, 9.17) is 0 Å². The highest BCUT2D eigenvalue weighted by molar-refractivity contribution is 6.03. The van der Waals surface area contributed by atoms with Gasteiger partial charge in [0.25, 0.3) is 5.91 Å². The fraction of sp³-hybridized carbons (Fsp3) is 0.389. The van der Waals surface area contributed by atoms with E-state index in [0.717, 1.165) is 17.1 Å². The molecule has 1 aromatic carbocycles. The maximum Gasteiger partial charge on any atom is 0.276 e. The molecular formula is C18H22N4O. The molecule has 1 aliphatic rings. The third kappa shape index (κ3) is 3.86. The summed E-state index contributed by atoms with van der Waals surface area (Å²) in [6, 6.07) is 11.9. The van der Waals surface area contributed by atoms with Gasteiger partial charge in [-0.2, -0.15) is 0 Å². The van der Waals surface area contributed by atoms with Gasteiger partial charge in [0.2, 0.25) is 0 Å². The molecule has 5 nitrogen and oxygen atoms in total. The van der Waals surface area contributed by atoms with Gasteiger partial charge in [-0.1, -0.05) is 39.0 Å². The molecule has 3 rings (SSSR count). The quantitative estimate of drug-likeness (QED) is 0.905. The van der Waals surface area contributed by atoms with E-state index in [-0.39, 0.29) is 11.3 Å². The number of para-hydroxylation sites is 1. The highest BCUT2D eigenvalue weighted by Crippen LogP contribution is 2.29. The van der Waals surface area contributed by atoms with E-state index < -0.39 is 0 Å². The van der Waals surface area contributed by atoms with Crippen molar-refractivity contribution in [3.05, 3.63) is 47.7 Å². The number of hydrogen-bond acceptors (Lipinski definition) is 4. The SMILES string of the molecule is CC(C)(C)c1ccccc1NC(=O)c1ccc(NC2CC2)nn1. The summed E-state index contributed by atoms with van der Waals surface area (Å²) in [5, 5.41) is 14.3. The molecule has 5 heteroatoms. The van der Waals surface area contributed by atoms with Crippen molar-refractivity contribution in [1.82, 2.24) is 10.2 Å². The van der Waals surface area contributed by atoms with Crippen LogP contribution in [0, 0.1) is 0 Å². The van der Waals surface area contributed by atoms with Crippen LogP contribution in [-0.4, -0.2) is 22.1 Å². The van der Waals surface area contributed by atoms with E-state index >= 15 is 0 Å². The number of rotatable bonds is 4. The van der Waals surface area contributed by atoms with Gasteiger partial charge in [-0.15, -0.1) is 10.2 Å². The summed E-state index contributed by atoms with van der Waals surface area (Å²) in [6.07, 6.45) is 2.35. The number of nitrogens with zero attached hydrogens (tertiary/aromatic N) is 2. The van der Waals surface area contributed by atoms with Crippen molar-refractivity contribution in [2.24, 2.45) is 0 Å². The Bertz CT molecular complexity index is 700. The number of benzene rings is 1. The topological polar surface area (TPSA) is 66.9 Å². The Morgan fingerprint density at radius 1 is 1.09 bits per heavy atom. The smallest absolute Gasteiger partial charge is 0.276 e. The van der Waals surface area contributed by atoms with Crippen molar-refractivity contribution in [2.45, 2.75) is 45.1 Å². The molecule has 0 unspecified atom stereocenters. The Balaban J connectivity index is 1.74. The Morgan fingerprint density at radius 2 is 1.83 bits per heavy atom. The number of aromatic nitrogens is 2. The molecule has 1 fully saturated rings. The molecule has 0 saturated heterocycles. The number of carbonyl (C=O) groups is 1. The van der Waals surface area contributed by atoms with Gasteiger partial charge in [0.15, 0.2) is 5.69 Å². The van der Waals surface area contributed by atoms with E-state index in [1.165, 1.54) is 12.8 Å². The Kier molecular flexibility index (Phi) is 4.03. The molecular weight excluding hydrogens is 288 g/mol. The van der Waals surface area contributed by atoms with Crippen LogP contribution in [0.4, 0.5) is 11.5 Å². The zero-order valence-corrected chi connectivity index (χ0v) is 13.8. The second kappa shape index (κ2) is 5.99. The first-order chi connectivity index (χ1) is 10.9. The highest BCUT2D eigenvalue weighted by atomic mass is 16.1. The van der Waals surface area contributed by atoms with Crippen LogP contribution >= 0.6 is 0 Å². The van der Waals surface area contributed by atoms with Crippen LogP contribution in [0.15, 0.2) is 36.4 Å². The van der Waals surface area contributed by atoms with Crippen molar-refractivity contribution in [1.29, 1.82) is 0 Å². The highest BCUT2D eigenvalue weighted by Gasteiger charge is 2.22. The first kappa shape index (κ1) is 15.5. The first-order valence-corrected chi connectivity index (χ1v) is 7.94. The lowest BCUT2D eigenvalue weighted by Crippen LogP contribution is -2.20. The molecule has 1 aromatic heterocycles. The van der Waals surface area contributed by atoms with Crippen molar-refractivity contribution >= 4 is 17.4 Å². The minimum absolute atomic E-state index is 0.0480.